The first-order valence-corrected chi connectivity index (χ1v) is 30.9. The summed E-state index contributed by atoms with van der Waals surface area (Å²) in [5.74, 6) is -2.51. The summed E-state index contributed by atoms with van der Waals surface area (Å²) < 4.78 is 24.7. The Morgan fingerprint density at radius 1 is 0.489 bits per heavy atom. The third-order valence-electron chi connectivity index (χ3n) is 16.0. The lowest BCUT2D eigenvalue weighted by Crippen LogP contribution is -2.33. The first-order valence-electron chi connectivity index (χ1n) is 30.9. The highest BCUT2D eigenvalue weighted by Crippen LogP contribution is 2.31. The SMILES string of the molecule is CC(C)(C)OC(=O)Nc1cccn(C2CCC[C@@H](O)C2)c1=O.COC(=O)c1cccn(C2CCC[C@@H](O)C2)c1=O.COC(=O)c1cccoc1=O.Cl.Nc1cccn(C2CCC[C@@H](O)C2)c1=O.O=C(O)c1cccn(C2CCC[C@@H](O)C2)c1=O.O[C@H]1CCC[C@H](O)C1. The van der Waals surface area contributed by atoms with Crippen molar-refractivity contribution in [3.05, 3.63) is 160 Å². The van der Waals surface area contributed by atoms with E-state index in [1.54, 1.807) is 91.1 Å². The van der Waals surface area contributed by atoms with Crippen molar-refractivity contribution in [2.75, 3.05) is 25.3 Å². The monoisotopic (exact) mass is 1310 g/mol. The summed E-state index contributed by atoms with van der Waals surface area (Å²) in [4.78, 5) is 104. The highest BCUT2D eigenvalue weighted by atomic mass is 35.5. The number of nitrogen functional groups attached to an aromatic ring is 1. The van der Waals surface area contributed by atoms with Crippen molar-refractivity contribution >= 4 is 47.8 Å². The summed E-state index contributed by atoms with van der Waals surface area (Å²) in [7, 11) is 2.46. The zero-order valence-electron chi connectivity index (χ0n) is 52.8. The smallest absolute Gasteiger partial charge is 0.412 e. The summed E-state index contributed by atoms with van der Waals surface area (Å²) in [6.45, 7) is 5.29. The molecular weight excluding hydrogens is 1220 g/mol. The zero-order chi connectivity index (χ0) is 67.0. The van der Waals surface area contributed by atoms with Gasteiger partial charge in [0.1, 0.15) is 28.0 Å². The van der Waals surface area contributed by atoms with E-state index in [0.29, 0.717) is 32.1 Å². The number of nitrogens with two attached hydrogens (primary N) is 1. The van der Waals surface area contributed by atoms with E-state index in [2.05, 4.69) is 19.2 Å². The fourth-order valence-electron chi connectivity index (χ4n) is 11.5. The fraction of sp³-hybridized carbons (Fsp3) is 0.554. The maximum atomic E-state index is 12.5. The lowest BCUT2D eigenvalue weighted by atomic mass is 9.92. The molecule has 5 fully saturated rings. The van der Waals surface area contributed by atoms with E-state index in [-0.39, 0.29) is 112 Å². The standard InChI is InChI=1S/C16H24N2O4.C13H17NO4.C12H15NO4.C11H16N2O2.C7H6O4.C6H12O2.ClH/c1-16(2,3)22-15(21)17-13-8-5-9-18(14(13)20)11-6-4-7-12(19)10-11;1-18-13(17)11-6-3-7-14(12(11)16)9-4-2-5-10(15)8-9;14-9-4-1-3-8(7-9)13-6-2-5-10(11(13)15)12(16)17;12-10-5-2-6-13(11(10)15)8-3-1-4-9(14)7-8;1-10-6(8)5-3-2-4-11-7(5)9;7-5-2-1-3-6(8)4-5;/h5,8-9,11-12,19H,4,6-7,10H2,1-3H3,(H,17,21);3,6-7,9-10,15H,2,4-5,8H2,1H3;2,5-6,8-9,14H,1,3-4,7H2,(H,16,17);2,5-6,8-9,14H,1,3-4,7,12H2;2-4H,1H3;5-8H,1-4H2;1H/t11?,12-;9?,10-;2*8?,9-;;5-,6-;/m1111.0./s1. The number of aliphatic hydroxyl groups excluding tert-OH is 6. The van der Waals surface area contributed by atoms with Gasteiger partial charge in [-0.1, -0.05) is 0 Å². The van der Waals surface area contributed by atoms with Crippen molar-refractivity contribution in [3.63, 3.8) is 0 Å². The summed E-state index contributed by atoms with van der Waals surface area (Å²) in [6, 6.07) is 15.4. The van der Waals surface area contributed by atoms with Crippen LogP contribution in [-0.4, -0.2) is 134 Å². The van der Waals surface area contributed by atoms with Crippen LogP contribution in [0, 0.1) is 0 Å². The third-order valence-corrected chi connectivity index (χ3v) is 16.0. The molecular formula is C65H91ClN6O20. The number of nitrogens with one attached hydrogen (secondary N) is 1. The highest BCUT2D eigenvalue weighted by molar-refractivity contribution is 5.89. The second-order valence-electron chi connectivity index (χ2n) is 24.2. The number of carboxylic acids is 1. The van der Waals surface area contributed by atoms with E-state index in [9.17, 15) is 63.6 Å². The normalized spacial score (nSPS) is 23.3. The highest BCUT2D eigenvalue weighted by Gasteiger charge is 2.28. The number of aliphatic hydroxyl groups is 6. The topological polar surface area (TPSA) is 394 Å². The maximum absolute atomic E-state index is 12.5. The molecule has 1 amide bonds. The van der Waals surface area contributed by atoms with Crippen LogP contribution in [0.1, 0.15) is 204 Å². The Morgan fingerprint density at radius 2 is 0.837 bits per heavy atom. The molecule has 0 bridgehead atoms. The number of pyridine rings is 4. The van der Waals surface area contributed by atoms with Crippen LogP contribution < -0.4 is 38.9 Å². The number of methoxy groups -OCH3 is 2. The largest absolute Gasteiger partial charge is 0.477 e. The predicted molar refractivity (Wildman–Crippen MR) is 343 cm³/mol. The van der Waals surface area contributed by atoms with Crippen molar-refractivity contribution in [3.8, 4) is 0 Å². The second kappa shape index (κ2) is 37.7. The van der Waals surface area contributed by atoms with Gasteiger partial charge in [-0.25, -0.2) is 24.0 Å². The van der Waals surface area contributed by atoms with E-state index in [1.165, 1.54) is 53.9 Å². The Hall–Kier alpha value is -7.72. The molecule has 5 saturated carbocycles. The number of ether oxygens (including phenoxy) is 3. The summed E-state index contributed by atoms with van der Waals surface area (Å²) in [5, 5.41) is 67.8. The molecule has 10 N–H and O–H groups in total. The minimum absolute atomic E-state index is 0. The quantitative estimate of drug-likeness (QED) is 0.0567. The predicted octanol–water partition coefficient (Wildman–Crippen LogP) is 6.84. The molecule has 10 atom stereocenters. The van der Waals surface area contributed by atoms with Gasteiger partial charge in [0.2, 0.25) is 0 Å². The first kappa shape index (κ1) is 76.7. The molecule has 5 aliphatic rings. The molecule has 26 nitrogen and oxygen atoms in total. The van der Waals surface area contributed by atoms with Crippen LogP contribution >= 0.6 is 12.4 Å². The summed E-state index contributed by atoms with van der Waals surface area (Å²) in [5.41, 5.74) is 3.23. The van der Waals surface area contributed by atoms with Gasteiger partial charge in [-0.15, -0.1) is 12.4 Å². The number of nitrogens with zero attached hydrogens (tertiary/aromatic N) is 4. The molecule has 0 spiro atoms. The van der Waals surface area contributed by atoms with E-state index in [0.717, 1.165) is 96.3 Å². The average Bonchev–Trinajstić information content (AvgIpc) is 0.945. The zero-order valence-corrected chi connectivity index (χ0v) is 53.6. The van der Waals surface area contributed by atoms with Gasteiger partial charge >= 0.3 is 29.6 Å². The summed E-state index contributed by atoms with van der Waals surface area (Å²) in [6.07, 6.45) is 21.2. The van der Waals surface area contributed by atoms with E-state index < -0.39 is 46.9 Å². The minimum atomic E-state index is -1.21. The number of carbonyl (C=O) groups excluding carboxylic acids is 3. The Balaban J connectivity index is 0.000000240. The molecule has 5 aliphatic carbocycles. The number of aromatic carboxylic acids is 1. The molecule has 27 heteroatoms. The first-order chi connectivity index (χ1) is 43.2. The number of carboxylic acid groups (broad SMARTS) is 1. The van der Waals surface area contributed by atoms with Gasteiger partial charge in [0, 0.05) is 49.0 Å². The molecule has 4 unspecified atom stereocenters. The lowest BCUT2D eigenvalue weighted by molar-refractivity contribution is 0.0405. The Labute approximate surface area is 538 Å². The van der Waals surface area contributed by atoms with Gasteiger partial charge in [0.25, 0.3) is 22.2 Å². The van der Waals surface area contributed by atoms with Crippen LogP contribution in [0.3, 0.4) is 0 Å². The second-order valence-corrected chi connectivity index (χ2v) is 24.2. The van der Waals surface area contributed by atoms with E-state index in [4.69, 9.17) is 25.8 Å². The molecule has 5 heterocycles. The van der Waals surface area contributed by atoms with Crippen LogP contribution in [0.2, 0.25) is 0 Å². The van der Waals surface area contributed by atoms with Gasteiger partial charge in [-0.2, -0.15) is 0 Å². The maximum Gasteiger partial charge on any atom is 0.412 e. The van der Waals surface area contributed by atoms with Crippen molar-refractivity contribution in [1.29, 1.82) is 0 Å². The van der Waals surface area contributed by atoms with Crippen LogP contribution in [0.15, 0.2) is 120 Å². The molecule has 0 aromatic carbocycles. The van der Waals surface area contributed by atoms with E-state index >= 15 is 0 Å². The van der Waals surface area contributed by atoms with Gasteiger partial charge < -0.3 is 78.4 Å². The lowest BCUT2D eigenvalue weighted by Gasteiger charge is -2.27. The van der Waals surface area contributed by atoms with Gasteiger partial charge in [0.15, 0.2) is 0 Å². The molecule has 92 heavy (non-hydrogen) atoms. The number of hydrogen-bond donors (Lipinski definition) is 9. The van der Waals surface area contributed by atoms with Crippen LogP contribution in [0.25, 0.3) is 0 Å². The van der Waals surface area contributed by atoms with Crippen LogP contribution in [0.5, 0.6) is 0 Å². The summed E-state index contributed by atoms with van der Waals surface area (Å²) >= 11 is 0. The number of halogens is 1. The molecule has 5 aromatic heterocycles. The number of aromatic nitrogens is 4. The minimum Gasteiger partial charge on any atom is -0.477 e. The fourth-order valence-corrected chi connectivity index (χ4v) is 11.5. The van der Waals surface area contributed by atoms with Crippen molar-refractivity contribution < 1.29 is 73.6 Å². The van der Waals surface area contributed by atoms with Crippen LogP contribution in [0.4, 0.5) is 16.2 Å². The Bertz CT molecular complexity index is 3460. The third kappa shape index (κ3) is 24.1. The molecule has 0 saturated heterocycles. The van der Waals surface area contributed by atoms with Crippen LogP contribution in [-0.2, 0) is 14.2 Å². The molecule has 508 valence electrons. The number of rotatable bonds is 8. The molecule has 0 aliphatic heterocycles. The number of hydrogen-bond acceptors (Lipinski definition) is 20. The van der Waals surface area contributed by atoms with Crippen molar-refractivity contribution in [1.82, 2.24) is 18.3 Å². The Morgan fingerprint density at radius 3 is 1.22 bits per heavy atom. The molecule has 5 aromatic rings. The van der Waals surface area contributed by atoms with Gasteiger partial charge in [0.05, 0.1) is 62.8 Å². The number of anilines is 2. The van der Waals surface area contributed by atoms with Crippen molar-refractivity contribution in [2.45, 2.75) is 216 Å². The Kier molecular flexibility index (Phi) is 31.4. The number of esters is 2. The number of carbonyl (C=O) groups is 4. The molecule has 10 rings (SSSR count). The van der Waals surface area contributed by atoms with E-state index in [1.807, 2.05) is 0 Å². The van der Waals surface area contributed by atoms with Gasteiger partial charge in [-0.05, 0) is 210 Å². The van der Waals surface area contributed by atoms with Gasteiger partial charge in [-0.3, -0.25) is 24.5 Å². The average molecular weight is 1310 g/mol. The van der Waals surface area contributed by atoms with Crippen molar-refractivity contribution in [2.24, 2.45) is 0 Å². The number of amides is 1. The molecule has 0 radical (unpaired) electrons.